The van der Waals surface area contributed by atoms with Crippen LogP contribution in [0.15, 0.2) is 12.2 Å². The summed E-state index contributed by atoms with van der Waals surface area (Å²) in [6.45, 7) is 4.14. The third-order valence-electron chi connectivity index (χ3n) is 2.79. The molecule has 0 saturated carbocycles. The topological polar surface area (TPSA) is 17.1 Å². The van der Waals surface area contributed by atoms with Crippen LogP contribution in [0.4, 0.5) is 0 Å². The molecule has 0 aromatic carbocycles. The monoisotopic (exact) mass is 256 g/mol. The summed E-state index contributed by atoms with van der Waals surface area (Å²) < 4.78 is 0. The van der Waals surface area contributed by atoms with E-state index in [0.717, 1.165) is 5.75 Å². The van der Waals surface area contributed by atoms with Gasteiger partial charge in [-0.25, -0.2) is 0 Å². The predicted molar refractivity (Wildman–Crippen MR) is 79.5 cm³/mol. The quantitative estimate of drug-likeness (QED) is 0.366. The maximum Gasteiger partial charge on any atom is 0.211 e. The maximum atomic E-state index is 11.2. The average molecular weight is 256 g/mol. The van der Waals surface area contributed by atoms with Gasteiger partial charge in [0.2, 0.25) is 5.12 Å². The van der Waals surface area contributed by atoms with Crippen LogP contribution in [0.5, 0.6) is 0 Å². The van der Waals surface area contributed by atoms with Crippen molar-refractivity contribution in [3.8, 4) is 0 Å². The molecule has 0 aliphatic rings. The Hall–Kier alpha value is -0.240. The van der Waals surface area contributed by atoms with Crippen molar-refractivity contribution < 1.29 is 4.79 Å². The molecule has 0 atom stereocenters. The lowest BCUT2D eigenvalue weighted by Gasteiger charge is -2.01. The van der Waals surface area contributed by atoms with Crippen LogP contribution in [0.1, 0.15) is 71.6 Å². The first-order valence-corrected chi connectivity index (χ1v) is 8.09. The molecule has 0 aromatic heterocycles. The SMILES string of the molecule is C/C=C/C(=O)SCCCCCCCCCCC. The number of hydrogen-bond acceptors (Lipinski definition) is 2. The van der Waals surface area contributed by atoms with Crippen molar-refractivity contribution in [3.05, 3.63) is 12.2 Å². The molecular formula is C15H28OS. The number of rotatable bonds is 11. The molecule has 0 fully saturated rings. The summed E-state index contributed by atoms with van der Waals surface area (Å²) in [6, 6.07) is 0. The van der Waals surface area contributed by atoms with E-state index in [1.165, 1.54) is 69.5 Å². The molecule has 0 aliphatic heterocycles. The van der Waals surface area contributed by atoms with Gasteiger partial charge in [-0.1, -0.05) is 76.1 Å². The van der Waals surface area contributed by atoms with Gasteiger partial charge in [-0.2, -0.15) is 0 Å². The van der Waals surface area contributed by atoms with E-state index in [9.17, 15) is 4.79 Å². The molecular weight excluding hydrogens is 228 g/mol. The van der Waals surface area contributed by atoms with Gasteiger partial charge in [0.15, 0.2) is 0 Å². The van der Waals surface area contributed by atoms with Crippen molar-refractivity contribution in [1.82, 2.24) is 0 Å². The Bertz CT molecular complexity index is 199. The van der Waals surface area contributed by atoms with E-state index < -0.39 is 0 Å². The Morgan fingerprint density at radius 2 is 1.47 bits per heavy atom. The summed E-state index contributed by atoms with van der Waals surface area (Å²) in [5.41, 5.74) is 0. The van der Waals surface area contributed by atoms with Crippen LogP contribution in [0, 0.1) is 0 Å². The molecule has 2 heteroatoms. The van der Waals surface area contributed by atoms with E-state index in [2.05, 4.69) is 6.92 Å². The number of carbonyl (C=O) groups excluding carboxylic acids is 1. The van der Waals surface area contributed by atoms with Gasteiger partial charge in [0.1, 0.15) is 0 Å². The van der Waals surface area contributed by atoms with Gasteiger partial charge < -0.3 is 0 Å². The smallest absolute Gasteiger partial charge is 0.211 e. The summed E-state index contributed by atoms with van der Waals surface area (Å²) in [5, 5.41) is 0.201. The third kappa shape index (κ3) is 13.7. The number of unbranched alkanes of at least 4 members (excludes halogenated alkanes) is 8. The summed E-state index contributed by atoms with van der Waals surface area (Å²) >= 11 is 1.45. The normalized spacial score (nSPS) is 11.2. The fraction of sp³-hybridized carbons (Fsp3) is 0.800. The van der Waals surface area contributed by atoms with Gasteiger partial charge in [0.25, 0.3) is 0 Å². The van der Waals surface area contributed by atoms with Gasteiger partial charge in [0.05, 0.1) is 0 Å². The molecule has 0 rings (SSSR count). The Balaban J connectivity index is 3.06. The highest BCUT2D eigenvalue weighted by Crippen LogP contribution is 2.12. The van der Waals surface area contributed by atoms with Crippen molar-refractivity contribution >= 4 is 16.9 Å². The summed E-state index contributed by atoms with van der Waals surface area (Å²) in [4.78, 5) is 11.2. The lowest BCUT2D eigenvalue weighted by Crippen LogP contribution is -1.88. The first-order chi connectivity index (χ1) is 8.31. The lowest BCUT2D eigenvalue weighted by atomic mass is 10.1. The van der Waals surface area contributed by atoms with Crippen molar-refractivity contribution in [2.75, 3.05) is 5.75 Å². The van der Waals surface area contributed by atoms with E-state index >= 15 is 0 Å². The number of hydrogen-bond donors (Lipinski definition) is 0. The second-order valence-electron chi connectivity index (χ2n) is 4.50. The second kappa shape index (κ2) is 13.8. The molecule has 0 amide bonds. The molecule has 0 bridgehead atoms. The predicted octanol–water partition coefficient (Wildman–Crippen LogP) is 5.35. The van der Waals surface area contributed by atoms with Crippen molar-refractivity contribution in [2.24, 2.45) is 0 Å². The highest BCUT2D eigenvalue weighted by atomic mass is 32.2. The van der Waals surface area contributed by atoms with Crippen LogP contribution >= 0.6 is 11.8 Å². The molecule has 0 radical (unpaired) electrons. The summed E-state index contributed by atoms with van der Waals surface area (Å²) in [5.74, 6) is 0.985. The molecule has 0 aliphatic carbocycles. The minimum absolute atomic E-state index is 0.201. The molecule has 100 valence electrons. The van der Waals surface area contributed by atoms with Gasteiger partial charge in [-0.05, 0) is 19.4 Å². The zero-order valence-corrected chi connectivity index (χ0v) is 12.4. The molecule has 0 aromatic rings. The number of thioether (sulfide) groups is 1. The Kier molecular flexibility index (Phi) is 13.6. The van der Waals surface area contributed by atoms with E-state index in [1.54, 1.807) is 6.08 Å². The van der Waals surface area contributed by atoms with Crippen molar-refractivity contribution in [2.45, 2.75) is 71.6 Å². The molecule has 0 spiro atoms. The van der Waals surface area contributed by atoms with E-state index in [0.29, 0.717) is 0 Å². The maximum absolute atomic E-state index is 11.2. The third-order valence-corrected chi connectivity index (χ3v) is 3.71. The fourth-order valence-electron chi connectivity index (χ4n) is 1.77. The highest BCUT2D eigenvalue weighted by Gasteiger charge is 1.96. The molecule has 0 heterocycles. The van der Waals surface area contributed by atoms with Gasteiger partial charge >= 0.3 is 0 Å². The van der Waals surface area contributed by atoms with Crippen LogP contribution in [-0.2, 0) is 4.79 Å². The largest absolute Gasteiger partial charge is 0.282 e. The number of carbonyl (C=O) groups is 1. The number of allylic oxidation sites excluding steroid dienone is 1. The fourth-order valence-corrected chi connectivity index (χ4v) is 2.55. The van der Waals surface area contributed by atoms with Gasteiger partial charge in [-0.3, -0.25) is 4.79 Å². The van der Waals surface area contributed by atoms with E-state index in [1.807, 2.05) is 13.0 Å². The van der Waals surface area contributed by atoms with E-state index in [4.69, 9.17) is 0 Å². The van der Waals surface area contributed by atoms with Crippen LogP contribution in [-0.4, -0.2) is 10.9 Å². The van der Waals surface area contributed by atoms with Crippen molar-refractivity contribution in [1.29, 1.82) is 0 Å². The zero-order valence-electron chi connectivity index (χ0n) is 11.5. The lowest BCUT2D eigenvalue weighted by molar-refractivity contribution is -0.107. The molecule has 0 saturated heterocycles. The summed E-state index contributed by atoms with van der Waals surface area (Å²) in [7, 11) is 0. The van der Waals surface area contributed by atoms with Crippen LogP contribution in [0.25, 0.3) is 0 Å². The van der Waals surface area contributed by atoms with E-state index in [-0.39, 0.29) is 5.12 Å². The Morgan fingerprint density at radius 3 is 2.00 bits per heavy atom. The highest BCUT2D eigenvalue weighted by molar-refractivity contribution is 8.14. The Labute approximate surface area is 111 Å². The molecule has 0 N–H and O–H groups in total. The summed E-state index contributed by atoms with van der Waals surface area (Å²) in [6.07, 6.45) is 15.6. The average Bonchev–Trinajstić information content (AvgIpc) is 2.32. The molecule has 0 unspecified atom stereocenters. The van der Waals surface area contributed by atoms with Crippen LogP contribution in [0.2, 0.25) is 0 Å². The Morgan fingerprint density at radius 1 is 0.941 bits per heavy atom. The van der Waals surface area contributed by atoms with Gasteiger partial charge in [-0.15, -0.1) is 0 Å². The second-order valence-corrected chi connectivity index (χ2v) is 5.60. The van der Waals surface area contributed by atoms with Crippen molar-refractivity contribution in [3.63, 3.8) is 0 Å². The molecule has 17 heavy (non-hydrogen) atoms. The minimum atomic E-state index is 0.201. The standard InChI is InChI=1S/C15H28OS/c1-3-5-6-7-8-9-10-11-12-14-17-15(16)13-4-2/h4,13H,3,5-12,14H2,1-2H3/b13-4+. The first kappa shape index (κ1) is 16.8. The minimum Gasteiger partial charge on any atom is -0.282 e. The first-order valence-electron chi connectivity index (χ1n) is 7.10. The zero-order chi connectivity index (χ0) is 12.8. The molecule has 1 nitrogen and oxygen atoms in total. The van der Waals surface area contributed by atoms with Crippen LogP contribution < -0.4 is 0 Å². The van der Waals surface area contributed by atoms with Crippen LogP contribution in [0.3, 0.4) is 0 Å². The van der Waals surface area contributed by atoms with Gasteiger partial charge in [0, 0.05) is 5.75 Å².